The molecule has 0 bridgehead atoms. The topological polar surface area (TPSA) is 66.3 Å². The Labute approximate surface area is 607 Å². The van der Waals surface area contributed by atoms with Gasteiger partial charge in [0, 0.05) is 82.8 Å². The summed E-state index contributed by atoms with van der Waals surface area (Å²) in [4.78, 5) is 20.2. The molecule has 7 nitrogen and oxygen atoms in total. The zero-order valence-corrected chi connectivity index (χ0v) is 57.2. The van der Waals surface area contributed by atoms with Crippen molar-refractivity contribution in [2.75, 3.05) is 0 Å². The van der Waals surface area contributed by atoms with Crippen molar-refractivity contribution in [1.29, 1.82) is 0 Å². The molecule has 0 saturated heterocycles. The first-order chi connectivity index (χ1) is 52.0. The summed E-state index contributed by atoms with van der Waals surface area (Å²) in [7, 11) is 0. The van der Waals surface area contributed by atoms with Gasteiger partial charge in [0.1, 0.15) is 0 Å². The average Bonchev–Trinajstić information content (AvgIpc) is 1.59. The fraction of sp³-hybridized carbons (Fsp3) is 0. The molecule has 20 rings (SSSR count). The lowest BCUT2D eigenvalue weighted by molar-refractivity contribution is 1.13. The molecule has 492 valence electrons. The van der Waals surface area contributed by atoms with E-state index in [0.717, 1.165) is 95.7 Å². The van der Waals surface area contributed by atoms with Gasteiger partial charge in [-0.1, -0.05) is 315 Å². The molecule has 0 atom stereocenters. The fourth-order valence-corrected chi connectivity index (χ4v) is 15.1. The minimum atomic E-state index is 0.698. The molecule has 5 heterocycles. The van der Waals surface area contributed by atoms with E-state index in [4.69, 9.17) is 19.9 Å². The van der Waals surface area contributed by atoms with Gasteiger partial charge in [-0.05, 0) is 112 Å². The normalized spacial score (nSPS) is 11.4. The summed E-state index contributed by atoms with van der Waals surface area (Å²) < 4.78 is 7.18. The molecule has 0 spiro atoms. The molecule has 15 aromatic carbocycles. The van der Waals surface area contributed by atoms with Gasteiger partial charge < -0.3 is 13.7 Å². The summed E-state index contributed by atoms with van der Waals surface area (Å²) in [6, 6.07) is 140. The number of hydrogen-bond acceptors (Lipinski definition) is 4. The molecule has 5 aromatic heterocycles. The molecule has 0 unspecified atom stereocenters. The molecule has 7 heteroatoms. The molecule has 0 radical (unpaired) electrons. The Morgan fingerprint density at radius 2 is 0.352 bits per heavy atom. The number of nitrogens with zero attached hydrogens (tertiary/aromatic N) is 7. The van der Waals surface area contributed by atoms with E-state index in [9.17, 15) is 0 Å². The van der Waals surface area contributed by atoms with Gasteiger partial charge in [-0.2, -0.15) is 0 Å². The van der Waals surface area contributed by atoms with Crippen molar-refractivity contribution in [3.05, 3.63) is 394 Å². The van der Waals surface area contributed by atoms with Crippen molar-refractivity contribution in [3.8, 4) is 118 Å². The lowest BCUT2D eigenvalue weighted by Gasteiger charge is -2.16. The van der Waals surface area contributed by atoms with Crippen LogP contribution in [0.1, 0.15) is 0 Å². The molecule has 0 fully saturated rings. The highest BCUT2D eigenvalue weighted by Gasteiger charge is 2.20. The van der Waals surface area contributed by atoms with Crippen LogP contribution in [0, 0.1) is 0 Å². The quantitative estimate of drug-likeness (QED) is 0.122. The standard InChI is InChI=1S/C58H38N4.C40H27N3/c1-3-15-39(16-4-1)40-27-31-42(32-28-40)52-38-53(60-58(59-52)44-17-5-2-6-18-44)43-33-29-41(30-34-43)45-35-46(61-54-23-11-7-19-48(54)49-20-8-12-24-55(49)61)37-47(36-45)62-56-25-13-9-21-50(56)51-22-10-14-26-57(51)62;1-3-11-30(12-4-1)36-27-37(42-40(41-36)32-13-5-2-6-14-32)31-21-19-28(20-22-31)29-23-25-33(26-24-29)43-38-17-9-7-15-34(38)35-16-8-10-18-39(35)43/h1-38H;1-27H. The van der Waals surface area contributed by atoms with E-state index in [-0.39, 0.29) is 0 Å². The van der Waals surface area contributed by atoms with Crippen molar-refractivity contribution >= 4 is 65.4 Å². The third-order valence-corrected chi connectivity index (χ3v) is 20.2. The number of hydrogen-bond donors (Lipinski definition) is 0. The lowest BCUT2D eigenvalue weighted by Crippen LogP contribution is -2.00. The number of fused-ring (bicyclic) bond motifs is 9. The van der Waals surface area contributed by atoms with Gasteiger partial charge in [-0.15, -0.1) is 0 Å². The van der Waals surface area contributed by atoms with Gasteiger partial charge in [0.25, 0.3) is 0 Å². The smallest absolute Gasteiger partial charge is 0.160 e. The van der Waals surface area contributed by atoms with E-state index < -0.39 is 0 Å². The van der Waals surface area contributed by atoms with Crippen LogP contribution in [0.25, 0.3) is 184 Å². The minimum Gasteiger partial charge on any atom is -0.309 e. The first-order valence-electron chi connectivity index (χ1n) is 35.6. The summed E-state index contributed by atoms with van der Waals surface area (Å²) in [5.41, 5.74) is 27.2. The molecular weight excluding hydrogens is 1280 g/mol. The van der Waals surface area contributed by atoms with Crippen molar-refractivity contribution in [1.82, 2.24) is 33.6 Å². The van der Waals surface area contributed by atoms with E-state index in [1.165, 1.54) is 82.1 Å². The van der Waals surface area contributed by atoms with Crippen LogP contribution >= 0.6 is 0 Å². The molecule has 20 aromatic rings. The van der Waals surface area contributed by atoms with E-state index in [2.05, 4.69) is 347 Å². The Morgan fingerprint density at radius 1 is 0.143 bits per heavy atom. The Hall–Kier alpha value is -14.1. The highest BCUT2D eigenvalue weighted by Crippen LogP contribution is 2.41. The lowest BCUT2D eigenvalue weighted by atomic mass is 9.99. The van der Waals surface area contributed by atoms with E-state index in [1.54, 1.807) is 0 Å². The highest BCUT2D eigenvalue weighted by atomic mass is 15.0. The Morgan fingerprint density at radius 3 is 0.657 bits per heavy atom. The molecule has 105 heavy (non-hydrogen) atoms. The first kappa shape index (κ1) is 61.9. The number of aromatic nitrogens is 7. The van der Waals surface area contributed by atoms with Crippen LogP contribution in [0.3, 0.4) is 0 Å². The second-order valence-electron chi connectivity index (χ2n) is 26.5. The molecule has 0 aliphatic heterocycles. The molecule has 0 saturated carbocycles. The molecular formula is C98H65N7. The number of rotatable bonds is 12. The predicted octanol–water partition coefficient (Wildman–Crippen LogP) is 25.2. The highest BCUT2D eigenvalue weighted by molar-refractivity contribution is 6.12. The molecule has 0 aliphatic rings. The SMILES string of the molecule is c1ccc(-c2cc(-c3ccc(-c4ccc(-n5c6ccccc6c6ccccc65)cc4)cc3)nc(-c3ccccc3)n2)cc1.c1ccc(-c2ccc(-c3cc(-c4ccc(-c5cc(-n6c7ccccc7c7ccccc76)cc(-n6c7ccccc7c7ccccc76)c5)cc4)nc(-c4ccccc4)n3)cc2)cc1. The fourth-order valence-electron chi connectivity index (χ4n) is 15.1. The maximum Gasteiger partial charge on any atom is 0.160 e. The first-order valence-corrected chi connectivity index (χ1v) is 35.6. The van der Waals surface area contributed by atoms with Crippen molar-refractivity contribution in [2.45, 2.75) is 0 Å². The Bertz CT molecular complexity index is 6230. The summed E-state index contributed by atoms with van der Waals surface area (Å²) >= 11 is 0. The number of benzene rings is 15. The predicted molar refractivity (Wildman–Crippen MR) is 436 cm³/mol. The second kappa shape index (κ2) is 26.8. The van der Waals surface area contributed by atoms with Gasteiger partial charge in [0.2, 0.25) is 0 Å². The summed E-state index contributed by atoms with van der Waals surface area (Å²) in [6.07, 6.45) is 0. The Kier molecular flexibility index (Phi) is 15.8. The zero-order valence-electron chi connectivity index (χ0n) is 57.2. The van der Waals surface area contributed by atoms with E-state index in [0.29, 0.717) is 5.82 Å². The van der Waals surface area contributed by atoms with Gasteiger partial charge >= 0.3 is 0 Å². The van der Waals surface area contributed by atoms with Crippen LogP contribution in [0.4, 0.5) is 0 Å². The third kappa shape index (κ3) is 11.7. The molecule has 0 aliphatic carbocycles. The van der Waals surface area contributed by atoms with Crippen molar-refractivity contribution < 1.29 is 0 Å². The van der Waals surface area contributed by atoms with E-state index in [1.807, 2.05) is 60.7 Å². The Balaban J connectivity index is 0.000000154. The van der Waals surface area contributed by atoms with Crippen LogP contribution in [-0.4, -0.2) is 33.6 Å². The summed E-state index contributed by atoms with van der Waals surface area (Å²) in [6.45, 7) is 0. The van der Waals surface area contributed by atoms with Gasteiger partial charge in [0.05, 0.1) is 55.9 Å². The average molecular weight is 1340 g/mol. The van der Waals surface area contributed by atoms with Gasteiger partial charge in [0.15, 0.2) is 11.6 Å². The monoisotopic (exact) mass is 1340 g/mol. The van der Waals surface area contributed by atoms with E-state index >= 15 is 0 Å². The maximum atomic E-state index is 5.16. The third-order valence-electron chi connectivity index (χ3n) is 20.2. The minimum absolute atomic E-state index is 0.698. The van der Waals surface area contributed by atoms with Gasteiger partial charge in [-0.25, -0.2) is 19.9 Å². The van der Waals surface area contributed by atoms with Crippen molar-refractivity contribution in [2.24, 2.45) is 0 Å². The number of para-hydroxylation sites is 6. The molecule has 0 amide bonds. The van der Waals surface area contributed by atoms with Crippen LogP contribution in [0.15, 0.2) is 394 Å². The van der Waals surface area contributed by atoms with Crippen LogP contribution in [0.2, 0.25) is 0 Å². The van der Waals surface area contributed by atoms with Crippen LogP contribution in [-0.2, 0) is 0 Å². The van der Waals surface area contributed by atoms with Gasteiger partial charge in [-0.3, -0.25) is 0 Å². The van der Waals surface area contributed by atoms with Crippen LogP contribution in [0.5, 0.6) is 0 Å². The summed E-state index contributed by atoms with van der Waals surface area (Å²) in [5, 5.41) is 7.50. The largest absolute Gasteiger partial charge is 0.309 e. The summed E-state index contributed by atoms with van der Waals surface area (Å²) in [5.74, 6) is 1.42. The zero-order chi connectivity index (χ0) is 69.6. The van der Waals surface area contributed by atoms with Crippen molar-refractivity contribution in [3.63, 3.8) is 0 Å². The maximum absolute atomic E-state index is 5.16. The second-order valence-corrected chi connectivity index (χ2v) is 26.5. The van der Waals surface area contributed by atoms with Crippen LogP contribution < -0.4 is 0 Å². The molecule has 0 N–H and O–H groups in total.